The maximum atomic E-state index is 12.2. The minimum atomic E-state index is 0.273. The molecule has 1 saturated heterocycles. The summed E-state index contributed by atoms with van der Waals surface area (Å²) in [5.74, 6) is 1.35. The molecule has 3 rings (SSSR count). The molecular formula is C19H23N3O. The molecule has 1 aromatic heterocycles. The highest BCUT2D eigenvalue weighted by Crippen LogP contribution is 2.27. The van der Waals surface area contributed by atoms with Crippen LogP contribution in [-0.4, -0.2) is 33.9 Å². The lowest BCUT2D eigenvalue weighted by atomic mass is 9.94. The first kappa shape index (κ1) is 15.7. The summed E-state index contributed by atoms with van der Waals surface area (Å²) in [4.78, 5) is 23.3. The number of rotatable bonds is 4. The van der Waals surface area contributed by atoms with E-state index in [4.69, 9.17) is 4.98 Å². The van der Waals surface area contributed by atoms with Gasteiger partial charge in [-0.15, -0.1) is 0 Å². The van der Waals surface area contributed by atoms with Gasteiger partial charge in [-0.3, -0.25) is 4.79 Å². The number of hydrogen-bond donors (Lipinski definition) is 0. The number of nitrogens with zero attached hydrogens (tertiary/aromatic N) is 3. The molecule has 1 amide bonds. The number of carbonyl (C=O) groups excluding carboxylic acids is 1. The quantitative estimate of drug-likeness (QED) is 0.866. The normalized spacial score (nSPS) is 18.0. The van der Waals surface area contributed by atoms with Gasteiger partial charge in [-0.1, -0.05) is 37.3 Å². The molecule has 1 unspecified atom stereocenters. The molecule has 1 aliphatic heterocycles. The monoisotopic (exact) mass is 309 g/mol. The highest BCUT2D eigenvalue weighted by atomic mass is 16.2. The van der Waals surface area contributed by atoms with Crippen LogP contribution in [-0.2, 0) is 4.79 Å². The van der Waals surface area contributed by atoms with E-state index >= 15 is 0 Å². The van der Waals surface area contributed by atoms with Crippen LogP contribution in [0.3, 0.4) is 0 Å². The van der Waals surface area contributed by atoms with Crippen LogP contribution in [0.4, 0.5) is 0 Å². The first-order valence-corrected chi connectivity index (χ1v) is 8.44. The molecule has 0 N–H and O–H groups in total. The van der Waals surface area contributed by atoms with E-state index in [1.54, 1.807) is 0 Å². The van der Waals surface area contributed by atoms with Crippen LogP contribution in [0.2, 0.25) is 0 Å². The van der Waals surface area contributed by atoms with Gasteiger partial charge in [0, 0.05) is 42.9 Å². The summed E-state index contributed by atoms with van der Waals surface area (Å²) in [6.45, 7) is 3.71. The van der Waals surface area contributed by atoms with Gasteiger partial charge >= 0.3 is 0 Å². The first-order valence-electron chi connectivity index (χ1n) is 8.44. The number of benzene rings is 1. The van der Waals surface area contributed by atoms with Crippen molar-refractivity contribution in [3.63, 3.8) is 0 Å². The van der Waals surface area contributed by atoms with Crippen molar-refractivity contribution in [3.8, 4) is 11.4 Å². The highest BCUT2D eigenvalue weighted by molar-refractivity contribution is 5.76. The van der Waals surface area contributed by atoms with Crippen molar-refractivity contribution >= 4 is 5.91 Å². The molecule has 4 nitrogen and oxygen atoms in total. The Balaban J connectivity index is 1.77. The Kier molecular flexibility index (Phi) is 5.01. The first-order chi connectivity index (χ1) is 11.3. The van der Waals surface area contributed by atoms with Gasteiger partial charge in [0.05, 0.1) is 0 Å². The Bertz CT molecular complexity index is 657. The summed E-state index contributed by atoms with van der Waals surface area (Å²) in [7, 11) is 0. The molecule has 23 heavy (non-hydrogen) atoms. The van der Waals surface area contributed by atoms with Gasteiger partial charge in [-0.05, 0) is 25.3 Å². The summed E-state index contributed by atoms with van der Waals surface area (Å²) in [6.07, 6.45) is 5.51. The molecule has 1 atom stereocenters. The largest absolute Gasteiger partial charge is 0.342 e. The molecule has 0 spiro atoms. The Hall–Kier alpha value is -2.23. The summed E-state index contributed by atoms with van der Waals surface area (Å²) in [5, 5.41) is 0. The molecule has 2 aromatic rings. The minimum Gasteiger partial charge on any atom is -0.342 e. The molecule has 0 saturated carbocycles. The second-order valence-corrected chi connectivity index (χ2v) is 6.10. The van der Waals surface area contributed by atoms with Gasteiger partial charge in [0.25, 0.3) is 0 Å². The lowest BCUT2D eigenvalue weighted by molar-refractivity contribution is -0.132. The Morgan fingerprint density at radius 2 is 2.09 bits per heavy atom. The summed E-state index contributed by atoms with van der Waals surface area (Å²) in [5.41, 5.74) is 2.08. The molecule has 1 fully saturated rings. The van der Waals surface area contributed by atoms with Crippen LogP contribution < -0.4 is 0 Å². The molecule has 0 bridgehead atoms. The average molecular weight is 309 g/mol. The number of hydrogen-bond acceptors (Lipinski definition) is 3. The van der Waals surface area contributed by atoms with Crippen molar-refractivity contribution < 1.29 is 4.79 Å². The highest BCUT2D eigenvalue weighted by Gasteiger charge is 2.25. The zero-order chi connectivity index (χ0) is 16.1. The zero-order valence-corrected chi connectivity index (χ0v) is 13.6. The van der Waals surface area contributed by atoms with Crippen molar-refractivity contribution in [1.82, 2.24) is 14.9 Å². The van der Waals surface area contributed by atoms with Crippen LogP contribution in [0.25, 0.3) is 11.4 Å². The standard InChI is InChI=1S/C19H23N3O/c1-2-7-18(23)22-13-6-10-16(14-22)17-11-12-20-19(21-17)15-8-4-3-5-9-15/h3-5,8-9,11-12,16H,2,6-7,10,13-14H2,1H3. The van der Waals surface area contributed by atoms with E-state index in [9.17, 15) is 4.79 Å². The zero-order valence-electron chi connectivity index (χ0n) is 13.6. The third-order valence-electron chi connectivity index (χ3n) is 4.37. The fourth-order valence-corrected chi connectivity index (χ4v) is 3.14. The maximum Gasteiger partial charge on any atom is 0.222 e. The van der Waals surface area contributed by atoms with Crippen molar-refractivity contribution in [3.05, 3.63) is 48.3 Å². The van der Waals surface area contributed by atoms with E-state index in [2.05, 4.69) is 11.9 Å². The van der Waals surface area contributed by atoms with Crippen LogP contribution in [0.1, 0.15) is 44.2 Å². The lowest BCUT2D eigenvalue weighted by Crippen LogP contribution is -2.39. The SMILES string of the molecule is CCCC(=O)N1CCCC(c2ccnc(-c3ccccc3)n2)C1. The third kappa shape index (κ3) is 3.76. The minimum absolute atomic E-state index is 0.273. The second-order valence-electron chi connectivity index (χ2n) is 6.10. The second kappa shape index (κ2) is 7.36. The van der Waals surface area contributed by atoms with Gasteiger partial charge < -0.3 is 4.90 Å². The van der Waals surface area contributed by atoms with E-state index in [0.29, 0.717) is 12.3 Å². The van der Waals surface area contributed by atoms with Crippen LogP contribution in [0.15, 0.2) is 42.6 Å². The molecular weight excluding hydrogens is 286 g/mol. The maximum absolute atomic E-state index is 12.2. The van der Waals surface area contributed by atoms with Gasteiger partial charge in [-0.2, -0.15) is 0 Å². The molecule has 2 heterocycles. The topological polar surface area (TPSA) is 46.1 Å². The number of aromatic nitrogens is 2. The number of piperidine rings is 1. The van der Waals surface area contributed by atoms with E-state index in [1.165, 1.54) is 0 Å². The van der Waals surface area contributed by atoms with Crippen LogP contribution in [0.5, 0.6) is 0 Å². The molecule has 1 aliphatic rings. The summed E-state index contributed by atoms with van der Waals surface area (Å²) >= 11 is 0. The average Bonchev–Trinajstić information content (AvgIpc) is 2.63. The Morgan fingerprint density at radius 3 is 2.87 bits per heavy atom. The number of amides is 1. The van der Waals surface area contributed by atoms with Gasteiger partial charge in [-0.25, -0.2) is 9.97 Å². The number of likely N-dealkylation sites (tertiary alicyclic amines) is 1. The van der Waals surface area contributed by atoms with Crippen LogP contribution in [0, 0.1) is 0 Å². The van der Waals surface area contributed by atoms with Crippen molar-refractivity contribution in [2.24, 2.45) is 0 Å². The Morgan fingerprint density at radius 1 is 1.26 bits per heavy atom. The molecule has 1 aromatic carbocycles. The fourth-order valence-electron chi connectivity index (χ4n) is 3.14. The van der Waals surface area contributed by atoms with Crippen molar-refractivity contribution in [1.29, 1.82) is 0 Å². The molecule has 4 heteroatoms. The van der Waals surface area contributed by atoms with Gasteiger partial charge in [0.1, 0.15) is 0 Å². The van der Waals surface area contributed by atoms with Crippen LogP contribution >= 0.6 is 0 Å². The molecule has 0 aliphatic carbocycles. The lowest BCUT2D eigenvalue weighted by Gasteiger charge is -2.32. The van der Waals surface area contributed by atoms with E-state index < -0.39 is 0 Å². The predicted octanol–water partition coefficient (Wildman–Crippen LogP) is 3.65. The van der Waals surface area contributed by atoms with Gasteiger partial charge in [0.15, 0.2) is 5.82 Å². The number of carbonyl (C=O) groups is 1. The predicted molar refractivity (Wildman–Crippen MR) is 90.9 cm³/mol. The molecule has 120 valence electrons. The smallest absolute Gasteiger partial charge is 0.222 e. The van der Waals surface area contributed by atoms with E-state index in [1.807, 2.05) is 47.5 Å². The van der Waals surface area contributed by atoms with Crippen molar-refractivity contribution in [2.45, 2.75) is 38.5 Å². The van der Waals surface area contributed by atoms with Crippen molar-refractivity contribution in [2.75, 3.05) is 13.1 Å². The van der Waals surface area contributed by atoms with Gasteiger partial charge in [0.2, 0.25) is 5.91 Å². The Labute approximate surface area is 137 Å². The summed E-state index contributed by atoms with van der Waals surface area (Å²) < 4.78 is 0. The van der Waals surface area contributed by atoms with E-state index in [0.717, 1.165) is 49.4 Å². The van der Waals surface area contributed by atoms with E-state index in [-0.39, 0.29) is 5.91 Å². The summed E-state index contributed by atoms with van der Waals surface area (Å²) in [6, 6.07) is 12.0. The molecule has 0 radical (unpaired) electrons. The third-order valence-corrected chi connectivity index (χ3v) is 4.37. The fraction of sp³-hybridized carbons (Fsp3) is 0.421.